The van der Waals surface area contributed by atoms with E-state index in [0.717, 1.165) is 31.2 Å². The predicted molar refractivity (Wildman–Crippen MR) is 91.5 cm³/mol. The normalized spacial score (nSPS) is 17.1. The van der Waals surface area contributed by atoms with E-state index in [4.69, 9.17) is 0 Å². The highest BCUT2D eigenvalue weighted by atomic mass is 32.2. The van der Waals surface area contributed by atoms with E-state index < -0.39 is 10.0 Å². The number of hydrogen-bond acceptors (Lipinski definition) is 2. The summed E-state index contributed by atoms with van der Waals surface area (Å²) in [6.07, 6.45) is 7.03. The molecule has 1 aliphatic rings. The van der Waals surface area contributed by atoms with Crippen LogP contribution < -0.4 is 0 Å². The number of nitrogens with zero attached hydrogens (tertiary/aromatic N) is 1. The summed E-state index contributed by atoms with van der Waals surface area (Å²) in [5.74, 6) is 0.402. The van der Waals surface area contributed by atoms with Gasteiger partial charge in [0.2, 0.25) is 10.0 Å². The number of hydrogen-bond donors (Lipinski definition) is 0. The molecule has 3 nitrogen and oxygen atoms in total. The maximum atomic E-state index is 13.0. The Balaban J connectivity index is 2.29. The third-order valence-corrected chi connectivity index (χ3v) is 6.38. The van der Waals surface area contributed by atoms with Crippen molar-refractivity contribution in [1.82, 2.24) is 4.31 Å². The van der Waals surface area contributed by atoms with Crippen LogP contribution >= 0.6 is 0 Å². The Morgan fingerprint density at radius 3 is 2.27 bits per heavy atom. The van der Waals surface area contributed by atoms with Crippen molar-refractivity contribution < 1.29 is 8.42 Å². The van der Waals surface area contributed by atoms with Gasteiger partial charge in [0.25, 0.3) is 0 Å². The maximum Gasteiger partial charge on any atom is 0.243 e. The molecule has 0 saturated heterocycles. The lowest BCUT2D eigenvalue weighted by molar-refractivity contribution is 0.269. The first kappa shape index (κ1) is 17.2. The zero-order chi connectivity index (χ0) is 16.2. The summed E-state index contributed by atoms with van der Waals surface area (Å²) in [7, 11) is -3.44. The van der Waals surface area contributed by atoms with E-state index in [-0.39, 0.29) is 6.04 Å². The molecule has 0 amide bonds. The van der Waals surface area contributed by atoms with Gasteiger partial charge >= 0.3 is 0 Å². The second kappa shape index (κ2) is 7.42. The van der Waals surface area contributed by atoms with Crippen LogP contribution in [-0.2, 0) is 10.0 Å². The first-order valence-electron chi connectivity index (χ1n) is 8.19. The van der Waals surface area contributed by atoms with Crippen LogP contribution in [0.25, 0.3) is 0 Å². The molecule has 122 valence electrons. The van der Waals surface area contributed by atoms with Crippen molar-refractivity contribution in [2.45, 2.75) is 62.8 Å². The highest BCUT2D eigenvalue weighted by molar-refractivity contribution is 7.89. The number of sulfonamides is 1. The zero-order valence-corrected chi connectivity index (χ0v) is 14.5. The smallest absolute Gasteiger partial charge is 0.207 e. The Morgan fingerprint density at radius 2 is 1.77 bits per heavy atom. The van der Waals surface area contributed by atoms with Crippen LogP contribution in [0.1, 0.15) is 57.4 Å². The fourth-order valence-electron chi connectivity index (χ4n) is 3.10. The van der Waals surface area contributed by atoms with Crippen molar-refractivity contribution in [3.05, 3.63) is 42.5 Å². The van der Waals surface area contributed by atoms with Gasteiger partial charge in [0.15, 0.2) is 0 Å². The minimum absolute atomic E-state index is 0.113. The Hall–Kier alpha value is -1.13. The van der Waals surface area contributed by atoms with Crippen molar-refractivity contribution in [3.63, 3.8) is 0 Å². The van der Waals surface area contributed by atoms with Crippen molar-refractivity contribution in [3.8, 4) is 0 Å². The van der Waals surface area contributed by atoms with E-state index in [1.807, 2.05) is 12.1 Å². The third-order valence-electron chi connectivity index (χ3n) is 4.44. The topological polar surface area (TPSA) is 37.4 Å². The van der Waals surface area contributed by atoms with Gasteiger partial charge in [0.05, 0.1) is 4.90 Å². The number of rotatable bonds is 6. The van der Waals surface area contributed by atoms with Gasteiger partial charge in [0.1, 0.15) is 0 Å². The molecule has 0 radical (unpaired) electrons. The summed E-state index contributed by atoms with van der Waals surface area (Å²) in [5.41, 5.74) is 1.16. The molecule has 0 N–H and O–H groups in total. The van der Waals surface area contributed by atoms with E-state index in [9.17, 15) is 8.42 Å². The molecule has 0 bridgehead atoms. The molecule has 0 spiro atoms. The Kier molecular flexibility index (Phi) is 5.81. The minimum atomic E-state index is -3.44. The molecule has 4 heteroatoms. The SMILES string of the molecule is C=CCN(C1CCCCC1)S(=O)(=O)c1ccc(C(C)C)cc1. The fraction of sp³-hybridized carbons (Fsp3) is 0.556. The molecule has 1 fully saturated rings. The highest BCUT2D eigenvalue weighted by Crippen LogP contribution is 2.28. The van der Waals surface area contributed by atoms with Crippen LogP contribution in [-0.4, -0.2) is 25.3 Å². The first-order valence-corrected chi connectivity index (χ1v) is 9.63. The van der Waals surface area contributed by atoms with Crippen LogP contribution in [0.4, 0.5) is 0 Å². The average molecular weight is 321 g/mol. The van der Waals surface area contributed by atoms with E-state index in [2.05, 4.69) is 20.4 Å². The summed E-state index contributed by atoms with van der Waals surface area (Å²) in [4.78, 5) is 0.393. The van der Waals surface area contributed by atoms with E-state index in [1.54, 1.807) is 22.5 Å². The van der Waals surface area contributed by atoms with Gasteiger partial charge in [-0.1, -0.05) is 51.3 Å². The maximum absolute atomic E-state index is 13.0. The standard InChI is InChI=1S/C18H27NO2S/c1-4-14-19(17-8-6-5-7-9-17)22(20,21)18-12-10-16(11-13-18)15(2)3/h4,10-13,15,17H,1,5-9,14H2,2-3H3. The molecule has 0 heterocycles. The summed E-state index contributed by atoms with van der Waals surface area (Å²) in [6.45, 7) is 8.33. The van der Waals surface area contributed by atoms with Gasteiger partial charge in [-0.2, -0.15) is 4.31 Å². The molecule has 0 unspecified atom stereocenters. The van der Waals surface area contributed by atoms with Gasteiger partial charge in [-0.05, 0) is 36.5 Å². The minimum Gasteiger partial charge on any atom is -0.207 e. The van der Waals surface area contributed by atoms with E-state index in [0.29, 0.717) is 17.4 Å². The quantitative estimate of drug-likeness (QED) is 0.732. The highest BCUT2D eigenvalue weighted by Gasteiger charge is 2.31. The van der Waals surface area contributed by atoms with E-state index in [1.165, 1.54) is 6.42 Å². The summed E-state index contributed by atoms with van der Waals surface area (Å²) in [6, 6.07) is 7.43. The Labute approximate surface area is 135 Å². The zero-order valence-electron chi connectivity index (χ0n) is 13.7. The second-order valence-electron chi connectivity index (χ2n) is 6.38. The molecule has 2 rings (SSSR count). The van der Waals surface area contributed by atoms with Gasteiger partial charge in [-0.25, -0.2) is 8.42 Å². The third kappa shape index (κ3) is 3.79. The van der Waals surface area contributed by atoms with Crippen molar-refractivity contribution >= 4 is 10.0 Å². The van der Waals surface area contributed by atoms with Crippen LogP contribution in [0.5, 0.6) is 0 Å². The number of benzene rings is 1. The molecule has 0 aromatic heterocycles. The van der Waals surface area contributed by atoms with Crippen LogP contribution in [0.15, 0.2) is 41.8 Å². The van der Waals surface area contributed by atoms with Gasteiger partial charge in [-0.3, -0.25) is 0 Å². The molecular formula is C18H27NO2S. The summed E-state index contributed by atoms with van der Waals surface area (Å²) < 4.78 is 27.6. The van der Waals surface area contributed by atoms with Crippen molar-refractivity contribution in [2.75, 3.05) is 6.54 Å². The lowest BCUT2D eigenvalue weighted by Crippen LogP contribution is -2.41. The molecule has 1 aromatic carbocycles. The Morgan fingerprint density at radius 1 is 1.18 bits per heavy atom. The molecule has 22 heavy (non-hydrogen) atoms. The average Bonchev–Trinajstić information content (AvgIpc) is 2.53. The second-order valence-corrected chi connectivity index (χ2v) is 8.27. The van der Waals surface area contributed by atoms with Gasteiger partial charge < -0.3 is 0 Å². The molecule has 1 saturated carbocycles. The van der Waals surface area contributed by atoms with Crippen LogP contribution in [0.2, 0.25) is 0 Å². The lowest BCUT2D eigenvalue weighted by Gasteiger charge is -2.32. The first-order chi connectivity index (χ1) is 10.5. The van der Waals surface area contributed by atoms with Crippen molar-refractivity contribution in [1.29, 1.82) is 0 Å². The van der Waals surface area contributed by atoms with Gasteiger partial charge in [-0.15, -0.1) is 6.58 Å². The Bertz CT molecular complexity index is 584. The molecular weight excluding hydrogens is 294 g/mol. The van der Waals surface area contributed by atoms with Crippen LogP contribution in [0, 0.1) is 0 Å². The van der Waals surface area contributed by atoms with E-state index >= 15 is 0 Å². The van der Waals surface area contributed by atoms with Crippen molar-refractivity contribution in [2.24, 2.45) is 0 Å². The molecule has 0 atom stereocenters. The molecule has 0 aliphatic heterocycles. The summed E-state index contributed by atoms with van der Waals surface area (Å²) >= 11 is 0. The molecule has 1 aromatic rings. The fourth-order valence-corrected chi connectivity index (χ4v) is 4.76. The van der Waals surface area contributed by atoms with Crippen LogP contribution in [0.3, 0.4) is 0 Å². The molecule has 1 aliphatic carbocycles. The van der Waals surface area contributed by atoms with Gasteiger partial charge in [0, 0.05) is 12.6 Å². The summed E-state index contributed by atoms with van der Waals surface area (Å²) in [5, 5.41) is 0. The lowest BCUT2D eigenvalue weighted by atomic mass is 9.95. The largest absolute Gasteiger partial charge is 0.243 e. The predicted octanol–water partition coefficient (Wildman–Crippen LogP) is 4.32. The monoisotopic (exact) mass is 321 g/mol.